The van der Waals surface area contributed by atoms with Gasteiger partial charge in [0.15, 0.2) is 5.58 Å². The average Bonchev–Trinajstić information content (AvgIpc) is 3.01. The lowest BCUT2D eigenvalue weighted by molar-refractivity contribution is 0.616. The van der Waals surface area contributed by atoms with Gasteiger partial charge in [0.2, 0.25) is 5.89 Å². The maximum atomic E-state index is 6.26. The molecular weight excluding hydrogens is 306 g/mol. The topological polar surface area (TPSA) is 26.0 Å². The molecule has 0 amide bonds. The van der Waals surface area contributed by atoms with Gasteiger partial charge in [-0.2, -0.15) is 0 Å². The van der Waals surface area contributed by atoms with E-state index in [0.29, 0.717) is 10.9 Å². The molecule has 0 unspecified atom stereocenters. The van der Waals surface area contributed by atoms with Gasteiger partial charge in [-0.15, -0.1) is 0 Å². The first-order chi connectivity index (χ1) is 11.3. The van der Waals surface area contributed by atoms with E-state index >= 15 is 0 Å². The van der Waals surface area contributed by atoms with E-state index in [9.17, 15) is 0 Å². The molecule has 2 nitrogen and oxygen atoms in total. The standard InChI is InChI=1S/C20H14ClNO/c21-17-11-5-4-10-16(17)20-22-18-12-6-9-15(19(18)23-20)13-14-7-2-1-3-8-14/h1-12H,13H2. The molecule has 0 saturated carbocycles. The highest BCUT2D eigenvalue weighted by Crippen LogP contribution is 2.31. The summed E-state index contributed by atoms with van der Waals surface area (Å²) in [5.74, 6) is 0.561. The molecule has 0 aliphatic heterocycles. The Kier molecular flexibility index (Phi) is 3.60. The summed E-state index contributed by atoms with van der Waals surface area (Å²) in [4.78, 5) is 4.59. The van der Waals surface area contributed by atoms with Crippen molar-refractivity contribution in [1.82, 2.24) is 4.98 Å². The van der Waals surface area contributed by atoms with E-state index in [2.05, 4.69) is 23.2 Å². The first-order valence-electron chi connectivity index (χ1n) is 7.48. The van der Waals surface area contributed by atoms with Gasteiger partial charge in [-0.3, -0.25) is 0 Å². The van der Waals surface area contributed by atoms with E-state index in [0.717, 1.165) is 28.6 Å². The molecule has 0 bridgehead atoms. The smallest absolute Gasteiger partial charge is 0.228 e. The maximum Gasteiger partial charge on any atom is 0.228 e. The number of benzene rings is 3. The lowest BCUT2D eigenvalue weighted by Crippen LogP contribution is -1.87. The second kappa shape index (κ2) is 5.90. The van der Waals surface area contributed by atoms with Crippen LogP contribution < -0.4 is 0 Å². The molecule has 0 saturated heterocycles. The number of nitrogens with zero attached hydrogens (tertiary/aromatic N) is 1. The summed E-state index contributed by atoms with van der Waals surface area (Å²) < 4.78 is 6.04. The van der Waals surface area contributed by atoms with Gasteiger partial charge in [0, 0.05) is 12.0 Å². The fraction of sp³-hybridized carbons (Fsp3) is 0.0500. The zero-order chi connectivity index (χ0) is 15.6. The molecule has 1 aromatic heterocycles. The minimum atomic E-state index is 0.561. The molecule has 4 aromatic rings. The highest BCUT2D eigenvalue weighted by atomic mass is 35.5. The first-order valence-corrected chi connectivity index (χ1v) is 7.86. The van der Waals surface area contributed by atoms with Crippen molar-refractivity contribution in [2.24, 2.45) is 0 Å². The van der Waals surface area contributed by atoms with Crippen LogP contribution in [0.25, 0.3) is 22.6 Å². The molecule has 23 heavy (non-hydrogen) atoms. The molecule has 0 spiro atoms. The van der Waals surface area contributed by atoms with Crippen LogP contribution >= 0.6 is 11.6 Å². The van der Waals surface area contributed by atoms with Crippen LogP contribution in [0.3, 0.4) is 0 Å². The third kappa shape index (κ3) is 2.73. The largest absolute Gasteiger partial charge is 0.436 e. The highest BCUT2D eigenvalue weighted by molar-refractivity contribution is 6.33. The Bertz CT molecular complexity index is 960. The lowest BCUT2D eigenvalue weighted by Gasteiger charge is -2.02. The fourth-order valence-electron chi connectivity index (χ4n) is 2.71. The van der Waals surface area contributed by atoms with Gasteiger partial charge in [0.1, 0.15) is 5.52 Å². The molecular formula is C20H14ClNO. The summed E-state index contributed by atoms with van der Waals surface area (Å²) in [6.07, 6.45) is 0.815. The summed E-state index contributed by atoms with van der Waals surface area (Å²) in [6.45, 7) is 0. The monoisotopic (exact) mass is 319 g/mol. The van der Waals surface area contributed by atoms with E-state index in [-0.39, 0.29) is 0 Å². The SMILES string of the molecule is Clc1ccccc1-c1nc2cccc(Cc3ccccc3)c2o1. The van der Waals surface area contributed by atoms with Gasteiger partial charge < -0.3 is 4.42 Å². The molecule has 0 N–H and O–H groups in total. The van der Waals surface area contributed by atoms with E-state index in [1.807, 2.05) is 54.6 Å². The summed E-state index contributed by atoms with van der Waals surface area (Å²) in [7, 11) is 0. The van der Waals surface area contributed by atoms with E-state index in [1.54, 1.807) is 0 Å². The lowest BCUT2D eigenvalue weighted by atomic mass is 10.0. The predicted octanol–water partition coefficient (Wildman–Crippen LogP) is 5.74. The van der Waals surface area contributed by atoms with Crippen molar-refractivity contribution in [1.29, 1.82) is 0 Å². The van der Waals surface area contributed by atoms with Gasteiger partial charge in [-0.05, 0) is 23.8 Å². The Morgan fingerprint density at radius 1 is 0.826 bits per heavy atom. The second-order valence-electron chi connectivity index (χ2n) is 5.43. The molecule has 3 heteroatoms. The Hall–Kier alpha value is -2.58. The summed E-state index contributed by atoms with van der Waals surface area (Å²) in [5.41, 5.74) is 4.87. The minimum absolute atomic E-state index is 0.561. The number of oxazole rings is 1. The van der Waals surface area contributed by atoms with Crippen molar-refractivity contribution >= 4 is 22.7 Å². The molecule has 1 heterocycles. The third-order valence-electron chi connectivity index (χ3n) is 3.84. The van der Waals surface area contributed by atoms with Crippen LogP contribution in [0.2, 0.25) is 5.02 Å². The summed E-state index contributed by atoms with van der Waals surface area (Å²) >= 11 is 6.26. The van der Waals surface area contributed by atoms with Crippen LogP contribution in [0.15, 0.2) is 77.2 Å². The van der Waals surface area contributed by atoms with Gasteiger partial charge in [0.05, 0.1) is 10.6 Å². The van der Waals surface area contributed by atoms with Crippen LogP contribution in [0.4, 0.5) is 0 Å². The number of aromatic nitrogens is 1. The minimum Gasteiger partial charge on any atom is -0.436 e. The number of fused-ring (bicyclic) bond motifs is 1. The predicted molar refractivity (Wildman–Crippen MR) is 93.7 cm³/mol. The Morgan fingerprint density at radius 2 is 1.61 bits per heavy atom. The van der Waals surface area contributed by atoms with Crippen LogP contribution in [0, 0.1) is 0 Å². The van der Waals surface area contributed by atoms with Crippen molar-refractivity contribution < 1.29 is 4.42 Å². The van der Waals surface area contributed by atoms with Gasteiger partial charge >= 0.3 is 0 Å². The number of halogens is 1. The molecule has 0 radical (unpaired) electrons. The quantitative estimate of drug-likeness (QED) is 0.481. The zero-order valence-electron chi connectivity index (χ0n) is 12.4. The summed E-state index contributed by atoms with van der Waals surface area (Å²) in [6, 6.07) is 24.0. The molecule has 0 aliphatic rings. The van der Waals surface area contributed by atoms with Crippen LogP contribution in [0.1, 0.15) is 11.1 Å². The number of hydrogen-bond donors (Lipinski definition) is 0. The molecule has 0 aliphatic carbocycles. The maximum absolute atomic E-state index is 6.26. The number of para-hydroxylation sites is 1. The number of hydrogen-bond acceptors (Lipinski definition) is 2. The molecule has 112 valence electrons. The Balaban J connectivity index is 1.80. The van der Waals surface area contributed by atoms with Crippen LogP contribution in [-0.2, 0) is 6.42 Å². The summed E-state index contributed by atoms with van der Waals surface area (Å²) in [5, 5.41) is 0.642. The van der Waals surface area contributed by atoms with E-state index < -0.39 is 0 Å². The van der Waals surface area contributed by atoms with Gasteiger partial charge in [0.25, 0.3) is 0 Å². The van der Waals surface area contributed by atoms with Crippen molar-refractivity contribution in [2.75, 3.05) is 0 Å². The zero-order valence-corrected chi connectivity index (χ0v) is 13.1. The third-order valence-corrected chi connectivity index (χ3v) is 4.17. The normalized spacial score (nSPS) is 11.0. The van der Waals surface area contributed by atoms with Crippen molar-refractivity contribution in [3.8, 4) is 11.5 Å². The van der Waals surface area contributed by atoms with Crippen LogP contribution in [0.5, 0.6) is 0 Å². The van der Waals surface area contributed by atoms with E-state index in [1.165, 1.54) is 5.56 Å². The van der Waals surface area contributed by atoms with Gasteiger partial charge in [-0.25, -0.2) is 4.98 Å². The fourth-order valence-corrected chi connectivity index (χ4v) is 2.93. The van der Waals surface area contributed by atoms with Crippen LogP contribution in [-0.4, -0.2) is 4.98 Å². The Labute approximate surface area is 139 Å². The van der Waals surface area contributed by atoms with Crippen molar-refractivity contribution in [3.63, 3.8) is 0 Å². The molecule has 0 atom stereocenters. The molecule has 0 fully saturated rings. The molecule has 4 rings (SSSR count). The Morgan fingerprint density at radius 3 is 2.43 bits per heavy atom. The van der Waals surface area contributed by atoms with E-state index in [4.69, 9.17) is 16.0 Å². The number of rotatable bonds is 3. The van der Waals surface area contributed by atoms with Gasteiger partial charge in [-0.1, -0.05) is 66.2 Å². The molecule has 3 aromatic carbocycles. The first kappa shape index (κ1) is 14.0. The second-order valence-corrected chi connectivity index (χ2v) is 5.83. The average molecular weight is 320 g/mol. The van der Waals surface area contributed by atoms with Crippen molar-refractivity contribution in [3.05, 3.63) is 88.9 Å². The van der Waals surface area contributed by atoms with Crippen molar-refractivity contribution in [2.45, 2.75) is 6.42 Å². The highest BCUT2D eigenvalue weighted by Gasteiger charge is 2.13.